The molecule has 0 unspecified atom stereocenters. The summed E-state index contributed by atoms with van der Waals surface area (Å²) in [6, 6.07) is 0. The summed E-state index contributed by atoms with van der Waals surface area (Å²) in [5.74, 6) is 0.470. The Morgan fingerprint density at radius 1 is 1.86 bits per heavy atom. The molecule has 2 nitrogen and oxygen atoms in total. The molecule has 0 saturated heterocycles. The summed E-state index contributed by atoms with van der Waals surface area (Å²) in [5, 5.41) is 3.34. The van der Waals surface area contributed by atoms with Crippen LogP contribution in [0.4, 0.5) is 0 Å². The van der Waals surface area contributed by atoms with E-state index in [-0.39, 0.29) is 0 Å². The molecule has 3 heteroatoms. The van der Waals surface area contributed by atoms with Crippen molar-refractivity contribution in [1.29, 1.82) is 0 Å². The molecule has 7 heavy (non-hydrogen) atoms. The van der Waals surface area contributed by atoms with Gasteiger partial charge in [-0.25, -0.2) is 0 Å². The smallest absolute Gasteiger partial charge is 0.130 e. The third kappa shape index (κ3) is 5.76. The van der Waals surface area contributed by atoms with Crippen molar-refractivity contribution < 1.29 is 4.84 Å². The van der Waals surface area contributed by atoms with Crippen molar-refractivity contribution in [2.75, 3.05) is 12.5 Å². The van der Waals surface area contributed by atoms with Gasteiger partial charge in [0.1, 0.15) is 6.61 Å². The van der Waals surface area contributed by atoms with Crippen LogP contribution in [0.2, 0.25) is 0 Å². The lowest BCUT2D eigenvalue weighted by Crippen LogP contribution is -1.86. The lowest BCUT2D eigenvalue weighted by atomic mass is 10.9. The van der Waals surface area contributed by atoms with Gasteiger partial charge >= 0.3 is 0 Å². The summed E-state index contributed by atoms with van der Waals surface area (Å²) < 4.78 is 0. The van der Waals surface area contributed by atoms with Crippen molar-refractivity contribution in [3.63, 3.8) is 0 Å². The molecule has 0 atom stereocenters. The van der Waals surface area contributed by atoms with Gasteiger partial charge in [0.05, 0.1) is 5.88 Å². The van der Waals surface area contributed by atoms with Crippen molar-refractivity contribution >= 4 is 17.8 Å². The van der Waals surface area contributed by atoms with E-state index in [2.05, 4.69) is 16.9 Å². The topological polar surface area (TPSA) is 21.6 Å². The van der Waals surface area contributed by atoms with E-state index >= 15 is 0 Å². The van der Waals surface area contributed by atoms with Crippen LogP contribution in [0.5, 0.6) is 0 Å². The van der Waals surface area contributed by atoms with Gasteiger partial charge in [0.15, 0.2) is 0 Å². The standard InChI is InChI=1S/C4H7ClNO/c1-2-6-7-4-3-5/h2H,1,3-4H2. The minimum Gasteiger partial charge on any atom is -0.395 e. The molecule has 0 aromatic rings. The number of oxime groups is 1. The second-order valence-corrected chi connectivity index (χ2v) is 1.19. The Hall–Kier alpha value is -0.240. The zero-order chi connectivity index (χ0) is 5.54. The van der Waals surface area contributed by atoms with E-state index in [0.717, 1.165) is 0 Å². The third-order valence-electron chi connectivity index (χ3n) is 0.318. The molecule has 1 radical (unpaired) electrons. The average Bonchev–Trinajstić information content (AvgIpc) is 1.69. The molecular weight excluding hydrogens is 114 g/mol. The van der Waals surface area contributed by atoms with Crippen LogP contribution in [0.1, 0.15) is 0 Å². The van der Waals surface area contributed by atoms with E-state index < -0.39 is 0 Å². The van der Waals surface area contributed by atoms with Gasteiger partial charge in [-0.15, -0.1) is 11.6 Å². The van der Waals surface area contributed by atoms with Crippen LogP contribution in [-0.4, -0.2) is 18.7 Å². The van der Waals surface area contributed by atoms with Gasteiger partial charge in [0.2, 0.25) is 0 Å². The average molecular weight is 121 g/mol. The van der Waals surface area contributed by atoms with E-state index in [1.54, 1.807) is 0 Å². The van der Waals surface area contributed by atoms with E-state index in [9.17, 15) is 0 Å². The van der Waals surface area contributed by atoms with Crippen LogP contribution in [-0.2, 0) is 4.84 Å². The maximum absolute atomic E-state index is 5.22. The van der Waals surface area contributed by atoms with E-state index in [1.807, 2.05) is 0 Å². The Kier molecular flexibility index (Phi) is 5.56. The molecule has 0 aliphatic rings. The maximum Gasteiger partial charge on any atom is 0.130 e. The molecule has 0 spiro atoms. The first-order chi connectivity index (χ1) is 3.41. The SMILES string of the molecule is [CH2]C=NOCCCl. The molecule has 41 valence electrons. The number of halogens is 1. The summed E-state index contributed by atoms with van der Waals surface area (Å²) in [6.45, 7) is 3.75. The second-order valence-electron chi connectivity index (χ2n) is 0.810. The third-order valence-corrected chi connectivity index (χ3v) is 0.472. The molecule has 0 rings (SSSR count). The predicted molar refractivity (Wildman–Crippen MR) is 30.5 cm³/mol. The van der Waals surface area contributed by atoms with Gasteiger partial charge in [-0.2, -0.15) is 0 Å². The number of rotatable bonds is 3. The van der Waals surface area contributed by atoms with Crippen molar-refractivity contribution in [2.45, 2.75) is 0 Å². The minimum absolute atomic E-state index is 0.452. The predicted octanol–water partition coefficient (Wildman–Crippen LogP) is 1.06. The molecule has 0 N–H and O–H groups in total. The van der Waals surface area contributed by atoms with E-state index in [0.29, 0.717) is 12.5 Å². The first-order valence-corrected chi connectivity index (χ1v) is 2.44. The van der Waals surface area contributed by atoms with Gasteiger partial charge in [0, 0.05) is 6.21 Å². The largest absolute Gasteiger partial charge is 0.395 e. The first-order valence-electron chi connectivity index (χ1n) is 1.90. The lowest BCUT2D eigenvalue weighted by molar-refractivity contribution is 0.162. The highest BCUT2D eigenvalue weighted by atomic mass is 35.5. The van der Waals surface area contributed by atoms with Gasteiger partial charge in [-0.3, -0.25) is 0 Å². The molecule has 0 aromatic heterocycles. The highest BCUT2D eigenvalue weighted by Gasteiger charge is 1.73. The van der Waals surface area contributed by atoms with Gasteiger partial charge < -0.3 is 4.84 Å². The molecular formula is C4H7ClNO. The zero-order valence-electron chi connectivity index (χ0n) is 3.93. The van der Waals surface area contributed by atoms with Gasteiger partial charge in [0.25, 0.3) is 0 Å². The number of nitrogens with zero attached hydrogens (tertiary/aromatic N) is 1. The summed E-state index contributed by atoms with van der Waals surface area (Å²) >= 11 is 5.22. The van der Waals surface area contributed by atoms with E-state index in [4.69, 9.17) is 11.6 Å². The normalized spacial score (nSPS) is 10.0. The monoisotopic (exact) mass is 120 g/mol. The van der Waals surface area contributed by atoms with Crippen LogP contribution in [0.25, 0.3) is 0 Å². The fourth-order valence-corrected chi connectivity index (χ4v) is 0.209. The minimum atomic E-state index is 0.452. The summed E-state index contributed by atoms with van der Waals surface area (Å²) in [5.41, 5.74) is 0. The summed E-state index contributed by atoms with van der Waals surface area (Å²) in [4.78, 5) is 4.51. The molecule has 0 aliphatic carbocycles. The van der Waals surface area contributed by atoms with Crippen molar-refractivity contribution in [3.05, 3.63) is 6.92 Å². The molecule has 0 saturated carbocycles. The summed E-state index contributed by atoms with van der Waals surface area (Å²) in [7, 11) is 0. The van der Waals surface area contributed by atoms with Crippen LogP contribution in [0.15, 0.2) is 5.16 Å². The van der Waals surface area contributed by atoms with E-state index in [1.165, 1.54) is 6.21 Å². The van der Waals surface area contributed by atoms with Crippen LogP contribution in [0, 0.1) is 6.92 Å². The Morgan fingerprint density at radius 3 is 3.00 bits per heavy atom. The number of hydrogen-bond donors (Lipinski definition) is 0. The highest BCUT2D eigenvalue weighted by molar-refractivity contribution is 6.17. The molecule has 0 amide bonds. The quantitative estimate of drug-likeness (QED) is 0.236. The number of alkyl halides is 1. The Morgan fingerprint density at radius 2 is 2.57 bits per heavy atom. The van der Waals surface area contributed by atoms with Crippen LogP contribution >= 0.6 is 11.6 Å². The zero-order valence-corrected chi connectivity index (χ0v) is 4.69. The Labute approximate surface area is 48.1 Å². The Balaban J connectivity index is 2.69. The fourth-order valence-electron chi connectivity index (χ4n) is 0.140. The second kappa shape index (κ2) is 5.76. The highest BCUT2D eigenvalue weighted by Crippen LogP contribution is 1.76. The first kappa shape index (κ1) is 6.76. The van der Waals surface area contributed by atoms with Crippen LogP contribution < -0.4 is 0 Å². The van der Waals surface area contributed by atoms with Crippen molar-refractivity contribution in [3.8, 4) is 0 Å². The van der Waals surface area contributed by atoms with Gasteiger partial charge in [-0.1, -0.05) is 5.16 Å². The molecule has 0 aromatic carbocycles. The van der Waals surface area contributed by atoms with Crippen molar-refractivity contribution in [2.24, 2.45) is 5.16 Å². The maximum atomic E-state index is 5.22. The van der Waals surface area contributed by atoms with Gasteiger partial charge in [-0.05, 0) is 6.92 Å². The molecule has 0 heterocycles. The summed E-state index contributed by atoms with van der Waals surface area (Å²) in [6.07, 6.45) is 1.33. The molecule has 0 aliphatic heterocycles. The number of hydrogen-bond acceptors (Lipinski definition) is 2. The fraction of sp³-hybridized carbons (Fsp3) is 0.500. The van der Waals surface area contributed by atoms with Crippen molar-refractivity contribution in [1.82, 2.24) is 0 Å². The molecule has 0 fully saturated rings. The molecule has 0 bridgehead atoms. The Bertz CT molecular complexity index is 55.7. The van der Waals surface area contributed by atoms with Crippen LogP contribution in [0.3, 0.4) is 0 Å². The lowest BCUT2D eigenvalue weighted by Gasteiger charge is -1.88.